The highest BCUT2D eigenvalue weighted by Crippen LogP contribution is 2.57. The van der Waals surface area contributed by atoms with Gasteiger partial charge in [-0.1, -0.05) is 13.0 Å². The molecule has 0 bridgehead atoms. The molecule has 1 aliphatic carbocycles. The molecule has 2 amide bonds. The number of carbonyl (C=O) groups excluding carboxylic acids is 2. The van der Waals surface area contributed by atoms with Crippen LogP contribution in [0.5, 0.6) is 0 Å². The summed E-state index contributed by atoms with van der Waals surface area (Å²) in [4.78, 5) is 26.1. The van der Waals surface area contributed by atoms with Crippen LogP contribution >= 0.6 is 0 Å². The Hall–Kier alpha value is -2.17. The molecule has 0 aromatic heterocycles. The van der Waals surface area contributed by atoms with Gasteiger partial charge in [0, 0.05) is 35.9 Å². The van der Waals surface area contributed by atoms with E-state index in [4.69, 9.17) is 0 Å². The molecule has 3 aliphatic rings. The predicted molar refractivity (Wildman–Crippen MR) is 93.1 cm³/mol. The van der Waals surface area contributed by atoms with E-state index in [1.807, 2.05) is 17.9 Å². The second kappa shape index (κ2) is 5.16. The minimum atomic E-state index is -0.0582. The van der Waals surface area contributed by atoms with Crippen LogP contribution < -0.4 is 10.3 Å². The average molecular weight is 325 g/mol. The van der Waals surface area contributed by atoms with Crippen LogP contribution in [0.3, 0.4) is 0 Å². The zero-order chi connectivity index (χ0) is 17.1. The number of benzene rings is 1. The minimum absolute atomic E-state index is 0.0213. The van der Waals surface area contributed by atoms with Crippen molar-refractivity contribution in [1.29, 1.82) is 0 Å². The van der Waals surface area contributed by atoms with Crippen LogP contribution in [0.1, 0.15) is 57.6 Å². The van der Waals surface area contributed by atoms with Crippen LogP contribution in [0.4, 0.5) is 5.69 Å². The molecule has 1 aromatic rings. The number of hydrazone groups is 1. The van der Waals surface area contributed by atoms with Gasteiger partial charge in [-0.25, -0.2) is 5.43 Å². The van der Waals surface area contributed by atoms with E-state index in [2.05, 4.69) is 36.5 Å². The van der Waals surface area contributed by atoms with Gasteiger partial charge in [-0.2, -0.15) is 5.10 Å². The third kappa shape index (κ3) is 2.26. The topological polar surface area (TPSA) is 61.8 Å². The van der Waals surface area contributed by atoms with Gasteiger partial charge in [-0.15, -0.1) is 0 Å². The zero-order valence-corrected chi connectivity index (χ0v) is 14.4. The summed E-state index contributed by atoms with van der Waals surface area (Å²) >= 11 is 0. The van der Waals surface area contributed by atoms with Crippen molar-refractivity contribution in [1.82, 2.24) is 5.43 Å². The molecule has 1 N–H and O–H groups in total. The van der Waals surface area contributed by atoms with Gasteiger partial charge in [0.15, 0.2) is 0 Å². The second-order valence-electron chi connectivity index (χ2n) is 7.69. The molecule has 1 aromatic carbocycles. The first-order chi connectivity index (χ1) is 11.4. The molecule has 0 radical (unpaired) electrons. The minimum Gasteiger partial charge on any atom is -0.310 e. The number of rotatable bonds is 2. The molecule has 2 heterocycles. The van der Waals surface area contributed by atoms with Crippen molar-refractivity contribution < 1.29 is 9.59 Å². The Bertz CT molecular complexity index is 762. The van der Waals surface area contributed by atoms with Crippen LogP contribution in [0.15, 0.2) is 23.3 Å². The Balaban J connectivity index is 1.77. The van der Waals surface area contributed by atoms with Gasteiger partial charge in [-0.3, -0.25) is 9.59 Å². The average Bonchev–Trinajstić information content (AvgIpc) is 3.29. The lowest BCUT2D eigenvalue weighted by Gasteiger charge is -2.37. The fourth-order valence-electron chi connectivity index (χ4n) is 3.96. The Labute approximate surface area is 142 Å². The van der Waals surface area contributed by atoms with Crippen LogP contribution in [-0.4, -0.2) is 23.6 Å². The molecule has 1 spiro atoms. The van der Waals surface area contributed by atoms with Crippen LogP contribution in [0.25, 0.3) is 0 Å². The van der Waals surface area contributed by atoms with Crippen molar-refractivity contribution in [2.24, 2.45) is 11.0 Å². The summed E-state index contributed by atoms with van der Waals surface area (Å²) in [6.45, 7) is 6.04. The number of nitrogens with zero attached hydrogens (tertiary/aromatic N) is 2. The molecule has 2 aliphatic heterocycles. The second-order valence-corrected chi connectivity index (χ2v) is 7.69. The first kappa shape index (κ1) is 15.4. The Kier molecular flexibility index (Phi) is 3.31. The molecule has 1 saturated carbocycles. The van der Waals surface area contributed by atoms with Gasteiger partial charge in [0.1, 0.15) is 0 Å². The Morgan fingerprint density at radius 3 is 2.67 bits per heavy atom. The molecule has 126 valence electrons. The van der Waals surface area contributed by atoms with E-state index in [1.165, 1.54) is 5.56 Å². The molecule has 1 atom stereocenters. The highest BCUT2D eigenvalue weighted by molar-refractivity contribution is 6.06. The number of carbonyl (C=O) groups is 2. The molecule has 5 nitrogen and oxygen atoms in total. The monoisotopic (exact) mass is 325 g/mol. The SMILES string of the molecule is CC1CC(c2ccc3c(c2)C2(CC2)CC(=O)N3C(C)C)=NNC1=O. The maximum absolute atomic E-state index is 12.6. The van der Waals surface area contributed by atoms with E-state index < -0.39 is 0 Å². The fraction of sp³-hybridized carbons (Fsp3) is 0.526. The molecule has 1 unspecified atom stereocenters. The number of fused-ring (bicyclic) bond motifs is 2. The van der Waals surface area contributed by atoms with E-state index in [9.17, 15) is 9.59 Å². The summed E-state index contributed by atoms with van der Waals surface area (Å²) in [5.74, 6) is 0.155. The zero-order valence-electron chi connectivity index (χ0n) is 14.4. The number of hydrogen-bond acceptors (Lipinski definition) is 3. The van der Waals surface area contributed by atoms with Crippen molar-refractivity contribution >= 4 is 23.2 Å². The first-order valence-corrected chi connectivity index (χ1v) is 8.75. The lowest BCUT2D eigenvalue weighted by molar-refractivity contribution is -0.124. The standard InChI is InChI=1S/C19H23N3O2/c1-11(2)22-16-5-4-13(15-8-12(3)18(24)21-20-15)9-14(16)19(6-7-19)10-17(22)23/h4-5,9,11-12H,6-8,10H2,1-3H3,(H,21,24). The highest BCUT2D eigenvalue weighted by Gasteiger charge is 2.52. The summed E-state index contributed by atoms with van der Waals surface area (Å²) in [5, 5.41) is 4.25. The van der Waals surface area contributed by atoms with Crippen LogP contribution in [0.2, 0.25) is 0 Å². The number of hydrogen-bond donors (Lipinski definition) is 1. The fourth-order valence-corrected chi connectivity index (χ4v) is 3.96. The maximum Gasteiger partial charge on any atom is 0.243 e. The van der Waals surface area contributed by atoms with Gasteiger partial charge in [0.25, 0.3) is 0 Å². The predicted octanol–water partition coefficient (Wildman–Crippen LogP) is 2.72. The Morgan fingerprint density at radius 1 is 1.29 bits per heavy atom. The summed E-state index contributed by atoms with van der Waals surface area (Å²) in [6, 6.07) is 6.45. The van der Waals surface area contributed by atoms with Gasteiger partial charge in [0.2, 0.25) is 11.8 Å². The van der Waals surface area contributed by atoms with Gasteiger partial charge in [-0.05, 0) is 49.9 Å². The third-order valence-corrected chi connectivity index (χ3v) is 5.54. The smallest absolute Gasteiger partial charge is 0.243 e. The molecule has 4 rings (SSSR count). The van der Waals surface area contributed by atoms with E-state index in [0.29, 0.717) is 12.8 Å². The molecular weight excluding hydrogens is 302 g/mol. The molecule has 0 saturated heterocycles. The number of amides is 2. The van der Waals surface area contributed by atoms with Crippen molar-refractivity contribution in [2.75, 3.05) is 4.90 Å². The van der Waals surface area contributed by atoms with Crippen molar-refractivity contribution in [2.45, 2.75) is 57.9 Å². The lowest BCUT2D eigenvalue weighted by atomic mass is 9.83. The van der Waals surface area contributed by atoms with E-state index in [1.54, 1.807) is 0 Å². The summed E-state index contributed by atoms with van der Waals surface area (Å²) in [7, 11) is 0. The Morgan fingerprint density at radius 2 is 2.04 bits per heavy atom. The van der Waals surface area contributed by atoms with Crippen molar-refractivity contribution in [3.8, 4) is 0 Å². The van der Waals surface area contributed by atoms with Crippen molar-refractivity contribution in [3.63, 3.8) is 0 Å². The lowest BCUT2D eigenvalue weighted by Crippen LogP contribution is -2.43. The summed E-state index contributed by atoms with van der Waals surface area (Å²) in [5.41, 5.74) is 6.97. The van der Waals surface area contributed by atoms with Crippen molar-refractivity contribution in [3.05, 3.63) is 29.3 Å². The van der Waals surface area contributed by atoms with Gasteiger partial charge in [0.05, 0.1) is 5.71 Å². The van der Waals surface area contributed by atoms with Gasteiger partial charge < -0.3 is 4.90 Å². The number of nitrogens with one attached hydrogen (secondary N) is 1. The number of anilines is 1. The normalized spacial score (nSPS) is 24.8. The maximum atomic E-state index is 12.6. The summed E-state index contributed by atoms with van der Waals surface area (Å²) in [6.07, 6.45) is 3.44. The van der Waals surface area contributed by atoms with Crippen LogP contribution in [-0.2, 0) is 15.0 Å². The molecule has 5 heteroatoms. The van der Waals surface area contributed by atoms with Crippen LogP contribution in [0, 0.1) is 5.92 Å². The quantitative estimate of drug-likeness (QED) is 0.909. The molecular formula is C19H23N3O2. The molecule has 24 heavy (non-hydrogen) atoms. The largest absolute Gasteiger partial charge is 0.310 e. The third-order valence-electron chi connectivity index (χ3n) is 5.54. The highest BCUT2D eigenvalue weighted by atomic mass is 16.2. The summed E-state index contributed by atoms with van der Waals surface area (Å²) < 4.78 is 0. The first-order valence-electron chi connectivity index (χ1n) is 8.75. The molecule has 1 fully saturated rings. The van der Waals surface area contributed by atoms with E-state index in [-0.39, 0.29) is 29.2 Å². The van der Waals surface area contributed by atoms with E-state index in [0.717, 1.165) is 29.8 Å². The van der Waals surface area contributed by atoms with E-state index >= 15 is 0 Å². The van der Waals surface area contributed by atoms with Gasteiger partial charge >= 0.3 is 0 Å².